The highest BCUT2D eigenvalue weighted by Crippen LogP contribution is 2.41. The van der Waals surface area contributed by atoms with E-state index in [1.807, 2.05) is 0 Å². The predicted molar refractivity (Wildman–Crippen MR) is 116 cm³/mol. The molecule has 0 atom stereocenters. The zero-order valence-electron chi connectivity index (χ0n) is 18.2. The fourth-order valence-corrected chi connectivity index (χ4v) is 4.22. The van der Waals surface area contributed by atoms with Crippen LogP contribution in [0.4, 0.5) is 13.2 Å². The van der Waals surface area contributed by atoms with Gasteiger partial charge in [-0.15, -0.1) is 0 Å². The molecule has 0 amide bonds. The Morgan fingerprint density at radius 1 is 1.03 bits per heavy atom. The van der Waals surface area contributed by atoms with Crippen LogP contribution in [0.3, 0.4) is 0 Å². The van der Waals surface area contributed by atoms with E-state index in [2.05, 4.69) is 9.97 Å². The second kappa shape index (κ2) is 8.29. The first-order chi connectivity index (χ1) is 15.9. The number of aryl methyl sites for hydroxylation is 1. The summed E-state index contributed by atoms with van der Waals surface area (Å²) in [5.41, 5.74) is 0.566. The van der Waals surface area contributed by atoms with E-state index in [9.17, 15) is 26.8 Å². The Morgan fingerprint density at radius 3 is 2.44 bits per heavy atom. The van der Waals surface area contributed by atoms with Gasteiger partial charge in [-0.2, -0.15) is 17.9 Å². The first-order valence-electron chi connectivity index (χ1n) is 9.84. The summed E-state index contributed by atoms with van der Waals surface area (Å²) in [5.74, 6) is -0.0379. The maximum absolute atomic E-state index is 13.2. The van der Waals surface area contributed by atoms with Gasteiger partial charge >= 0.3 is 6.18 Å². The van der Waals surface area contributed by atoms with Crippen LogP contribution in [0.2, 0.25) is 0 Å². The summed E-state index contributed by atoms with van der Waals surface area (Å²) >= 11 is 0. The molecule has 34 heavy (non-hydrogen) atoms. The van der Waals surface area contributed by atoms with Crippen LogP contribution in [-0.4, -0.2) is 46.7 Å². The van der Waals surface area contributed by atoms with Gasteiger partial charge in [-0.25, -0.2) is 22.7 Å². The number of pyridine rings is 2. The average Bonchev–Trinajstić information content (AvgIpc) is 3.26. The van der Waals surface area contributed by atoms with E-state index in [4.69, 9.17) is 4.74 Å². The van der Waals surface area contributed by atoms with Crippen LogP contribution in [0.5, 0.6) is 11.6 Å². The lowest BCUT2D eigenvalue weighted by Gasteiger charge is -2.18. The van der Waals surface area contributed by atoms with Gasteiger partial charge in [-0.05, 0) is 43.3 Å². The van der Waals surface area contributed by atoms with Crippen LogP contribution in [-0.2, 0) is 16.2 Å². The molecule has 0 aliphatic carbocycles. The van der Waals surface area contributed by atoms with Crippen molar-refractivity contribution in [1.82, 2.24) is 19.0 Å². The number of aromatic nitrogens is 3. The fraction of sp³-hybridized carbons (Fsp3) is 0.182. The molecule has 0 saturated heterocycles. The molecule has 0 unspecified atom stereocenters. The van der Waals surface area contributed by atoms with E-state index in [0.29, 0.717) is 16.8 Å². The van der Waals surface area contributed by atoms with E-state index in [1.165, 1.54) is 38.5 Å². The number of sulfonamides is 1. The molecule has 2 aliphatic rings. The molecule has 0 radical (unpaired) electrons. The third-order valence-corrected chi connectivity index (χ3v) is 6.91. The SMILES string of the molecule is Cc1cc(-c2cc(S(=O)(=O)N(C)C)cnc2Oc2cccc(C(F)(F)F)c2)c2ccnc-2n1O. The van der Waals surface area contributed by atoms with Crippen molar-refractivity contribution in [1.29, 1.82) is 0 Å². The molecule has 1 N–H and O–H groups in total. The van der Waals surface area contributed by atoms with Crippen molar-refractivity contribution in [2.75, 3.05) is 14.1 Å². The van der Waals surface area contributed by atoms with Crippen molar-refractivity contribution in [3.05, 3.63) is 66.1 Å². The van der Waals surface area contributed by atoms with Crippen molar-refractivity contribution >= 4 is 10.0 Å². The van der Waals surface area contributed by atoms with Crippen molar-refractivity contribution in [3.8, 4) is 34.1 Å². The number of benzene rings is 1. The monoisotopic (exact) mass is 492 g/mol. The summed E-state index contributed by atoms with van der Waals surface area (Å²) in [4.78, 5) is 8.11. The Kier molecular flexibility index (Phi) is 5.74. The normalized spacial score (nSPS) is 12.4. The van der Waals surface area contributed by atoms with Crippen molar-refractivity contribution in [2.24, 2.45) is 0 Å². The minimum atomic E-state index is -4.57. The van der Waals surface area contributed by atoms with Gasteiger partial charge < -0.3 is 9.94 Å². The van der Waals surface area contributed by atoms with Gasteiger partial charge in [0.2, 0.25) is 15.9 Å². The number of rotatable bonds is 5. The van der Waals surface area contributed by atoms with Gasteiger partial charge in [0.05, 0.1) is 17.5 Å². The highest BCUT2D eigenvalue weighted by molar-refractivity contribution is 7.89. The average molecular weight is 492 g/mol. The van der Waals surface area contributed by atoms with Crippen molar-refractivity contribution in [2.45, 2.75) is 18.0 Å². The number of hydrogen-bond donors (Lipinski definition) is 1. The number of ether oxygens (including phenoxy) is 1. The standard InChI is InChI=1S/C22H19F3N4O4S/c1-13-9-18(17-7-8-26-20(17)29(13)30)19-11-16(34(31,32)28(2)3)12-27-21(19)33-15-6-4-5-14(10-15)22(23,24)25/h4-12,30H,1-3H3. The summed E-state index contributed by atoms with van der Waals surface area (Å²) < 4.78 is 72.5. The highest BCUT2D eigenvalue weighted by Gasteiger charge is 2.31. The van der Waals surface area contributed by atoms with Gasteiger partial charge in [0.25, 0.3) is 0 Å². The first-order valence-corrected chi connectivity index (χ1v) is 11.3. The van der Waals surface area contributed by atoms with E-state index < -0.39 is 21.8 Å². The summed E-state index contributed by atoms with van der Waals surface area (Å²) in [7, 11) is -1.16. The Bertz CT molecular complexity index is 1450. The number of hydrogen-bond acceptors (Lipinski definition) is 6. The van der Waals surface area contributed by atoms with E-state index in [1.54, 1.807) is 19.1 Å². The zero-order valence-corrected chi connectivity index (χ0v) is 19.0. The van der Waals surface area contributed by atoms with Gasteiger partial charge in [-0.3, -0.25) is 0 Å². The van der Waals surface area contributed by atoms with Crippen LogP contribution < -0.4 is 4.74 Å². The molecule has 0 saturated carbocycles. The molecule has 1 aromatic carbocycles. The second-order valence-electron chi connectivity index (χ2n) is 7.63. The van der Waals surface area contributed by atoms with Crippen LogP contribution in [0.15, 0.2) is 59.8 Å². The first kappa shape index (κ1) is 23.5. The Labute approximate surface area is 193 Å². The van der Waals surface area contributed by atoms with Crippen LogP contribution in [0.1, 0.15) is 11.3 Å². The van der Waals surface area contributed by atoms with E-state index >= 15 is 0 Å². The third-order valence-electron chi connectivity index (χ3n) is 5.13. The molecule has 3 heterocycles. The van der Waals surface area contributed by atoms with Crippen LogP contribution in [0.25, 0.3) is 22.5 Å². The van der Waals surface area contributed by atoms with Gasteiger partial charge in [-0.1, -0.05) is 6.07 Å². The largest absolute Gasteiger partial charge is 0.438 e. The maximum atomic E-state index is 13.2. The number of fused-ring (bicyclic) bond motifs is 1. The molecular weight excluding hydrogens is 473 g/mol. The lowest BCUT2D eigenvalue weighted by molar-refractivity contribution is -0.137. The molecule has 1 aromatic heterocycles. The molecule has 4 rings (SSSR count). The van der Waals surface area contributed by atoms with Gasteiger partial charge in [0, 0.05) is 37.0 Å². The van der Waals surface area contributed by atoms with Crippen LogP contribution >= 0.6 is 0 Å². The molecule has 12 heteroatoms. The summed E-state index contributed by atoms with van der Waals surface area (Å²) in [6.45, 7) is 1.61. The quantitative estimate of drug-likeness (QED) is 0.407. The fourth-order valence-electron chi connectivity index (χ4n) is 3.35. The maximum Gasteiger partial charge on any atom is 0.416 e. The highest BCUT2D eigenvalue weighted by atomic mass is 32.2. The van der Waals surface area contributed by atoms with E-state index in [-0.39, 0.29) is 27.9 Å². The van der Waals surface area contributed by atoms with Gasteiger partial charge in [0.1, 0.15) is 10.6 Å². The van der Waals surface area contributed by atoms with Crippen molar-refractivity contribution < 1.29 is 31.5 Å². The molecule has 178 valence electrons. The molecular formula is C22H19F3N4O4S. The minimum absolute atomic E-state index is 0.116. The molecule has 2 aliphatic heterocycles. The molecule has 0 bridgehead atoms. The topological polar surface area (TPSA) is 97.5 Å². The number of nitrogens with zero attached hydrogens (tertiary/aromatic N) is 4. The molecule has 0 spiro atoms. The number of halogens is 3. The molecule has 0 fully saturated rings. The Hall–Kier alpha value is -3.64. The predicted octanol–water partition coefficient (Wildman–Crippen LogP) is 4.66. The smallest absolute Gasteiger partial charge is 0.416 e. The van der Waals surface area contributed by atoms with Crippen molar-refractivity contribution in [3.63, 3.8) is 0 Å². The molecule has 8 nitrogen and oxygen atoms in total. The summed E-state index contributed by atoms with van der Waals surface area (Å²) in [6, 6.07) is 8.78. The Morgan fingerprint density at radius 2 is 1.76 bits per heavy atom. The summed E-state index contributed by atoms with van der Waals surface area (Å²) in [5, 5.41) is 10.3. The zero-order chi connectivity index (χ0) is 24.8. The second-order valence-corrected chi connectivity index (χ2v) is 9.78. The lowest BCUT2D eigenvalue weighted by Crippen LogP contribution is -2.22. The number of alkyl halides is 3. The van der Waals surface area contributed by atoms with Gasteiger partial charge in [0.15, 0.2) is 5.82 Å². The minimum Gasteiger partial charge on any atom is -0.438 e. The molecule has 2 aromatic rings. The Balaban J connectivity index is 1.93. The summed E-state index contributed by atoms with van der Waals surface area (Å²) in [6.07, 6.45) is -2.04. The van der Waals surface area contributed by atoms with E-state index in [0.717, 1.165) is 27.4 Å². The third kappa shape index (κ3) is 4.17. The lowest BCUT2D eigenvalue weighted by atomic mass is 10.0. The van der Waals surface area contributed by atoms with Crippen LogP contribution in [0, 0.1) is 6.92 Å².